The van der Waals surface area contributed by atoms with Gasteiger partial charge in [-0.3, -0.25) is 0 Å². The highest BCUT2D eigenvalue weighted by Gasteiger charge is 2.23. The summed E-state index contributed by atoms with van der Waals surface area (Å²) in [7, 11) is 0. The van der Waals surface area contributed by atoms with Crippen LogP contribution < -0.4 is 0 Å². The smallest absolute Gasteiger partial charge is 0.142 e. The molecule has 102 valence electrons. The minimum absolute atomic E-state index is 0.341. The summed E-state index contributed by atoms with van der Waals surface area (Å²) in [5.74, 6) is 0.341. The van der Waals surface area contributed by atoms with Crippen LogP contribution in [-0.2, 0) is 0 Å². The van der Waals surface area contributed by atoms with Crippen LogP contribution in [0.1, 0.15) is 23.6 Å². The number of benzene rings is 2. The molecule has 1 aromatic heterocycles. The van der Waals surface area contributed by atoms with Gasteiger partial charge in [0.25, 0.3) is 0 Å². The second kappa shape index (κ2) is 5.25. The van der Waals surface area contributed by atoms with E-state index in [0.717, 1.165) is 11.0 Å². The summed E-state index contributed by atoms with van der Waals surface area (Å²) in [6.07, 6.45) is -2.18. The van der Waals surface area contributed by atoms with E-state index in [9.17, 15) is 10.2 Å². The Bertz CT molecular complexity index is 691. The molecule has 20 heavy (non-hydrogen) atoms. The Hall–Kier alpha value is -1.88. The van der Waals surface area contributed by atoms with Crippen LogP contribution >= 0.6 is 11.6 Å². The molecule has 3 N–H and O–H groups in total. The zero-order valence-corrected chi connectivity index (χ0v) is 11.2. The van der Waals surface area contributed by atoms with E-state index in [4.69, 9.17) is 11.6 Å². The number of hydrogen-bond donors (Lipinski definition) is 3. The normalized spacial score (nSPS) is 14.3. The molecule has 5 heteroatoms. The lowest BCUT2D eigenvalue weighted by atomic mass is 10.0. The number of nitrogens with zero attached hydrogens (tertiary/aromatic N) is 1. The maximum absolute atomic E-state index is 10.2. The average Bonchev–Trinajstić information content (AvgIpc) is 2.90. The zero-order chi connectivity index (χ0) is 14.1. The summed E-state index contributed by atoms with van der Waals surface area (Å²) < 4.78 is 0. The van der Waals surface area contributed by atoms with Gasteiger partial charge in [0.2, 0.25) is 0 Å². The first-order valence-electron chi connectivity index (χ1n) is 6.21. The number of aliphatic hydroxyl groups is 2. The number of aliphatic hydroxyl groups excluding tert-OH is 2. The summed E-state index contributed by atoms with van der Waals surface area (Å²) >= 11 is 5.80. The summed E-state index contributed by atoms with van der Waals surface area (Å²) in [4.78, 5) is 7.30. The van der Waals surface area contributed by atoms with Crippen molar-refractivity contribution < 1.29 is 10.2 Å². The first-order chi connectivity index (χ1) is 9.65. The van der Waals surface area contributed by atoms with Crippen molar-refractivity contribution in [2.24, 2.45) is 0 Å². The van der Waals surface area contributed by atoms with Gasteiger partial charge in [0.15, 0.2) is 0 Å². The first-order valence-corrected chi connectivity index (χ1v) is 6.59. The highest BCUT2D eigenvalue weighted by Crippen LogP contribution is 2.28. The van der Waals surface area contributed by atoms with Crippen molar-refractivity contribution in [3.8, 4) is 0 Å². The standard InChI is InChI=1S/C15H13ClN2O2/c16-10-7-5-9(6-8-10)13(19)14(20)15-17-11-3-1-2-4-12(11)18-15/h1-8,13-14,19-20H,(H,17,18)/t13-,14+/m0/s1. The van der Waals surface area contributed by atoms with Crippen LogP contribution in [0.15, 0.2) is 48.5 Å². The van der Waals surface area contributed by atoms with Gasteiger partial charge in [-0.05, 0) is 29.8 Å². The molecule has 1 heterocycles. The summed E-state index contributed by atoms with van der Waals surface area (Å²) in [5.41, 5.74) is 2.16. The third-order valence-corrected chi connectivity index (χ3v) is 3.45. The molecule has 3 aromatic rings. The van der Waals surface area contributed by atoms with Gasteiger partial charge >= 0.3 is 0 Å². The van der Waals surface area contributed by atoms with E-state index < -0.39 is 12.2 Å². The van der Waals surface area contributed by atoms with E-state index in [2.05, 4.69) is 9.97 Å². The Morgan fingerprint density at radius 1 is 0.950 bits per heavy atom. The predicted octanol–water partition coefficient (Wildman–Crippen LogP) is 2.98. The molecule has 0 fully saturated rings. The van der Waals surface area contributed by atoms with Crippen LogP contribution in [-0.4, -0.2) is 20.2 Å². The number of para-hydroxylation sites is 2. The van der Waals surface area contributed by atoms with Crippen molar-refractivity contribution in [3.05, 3.63) is 64.9 Å². The Morgan fingerprint density at radius 2 is 1.65 bits per heavy atom. The minimum atomic E-state index is -1.12. The first kappa shape index (κ1) is 13.1. The lowest BCUT2D eigenvalue weighted by molar-refractivity contribution is 0.0125. The molecule has 0 unspecified atom stereocenters. The van der Waals surface area contributed by atoms with Crippen LogP contribution in [0.4, 0.5) is 0 Å². The van der Waals surface area contributed by atoms with Crippen LogP contribution in [0.2, 0.25) is 5.02 Å². The van der Waals surface area contributed by atoms with Crippen LogP contribution in [0.25, 0.3) is 11.0 Å². The topological polar surface area (TPSA) is 69.1 Å². The lowest BCUT2D eigenvalue weighted by Crippen LogP contribution is -2.11. The fourth-order valence-corrected chi connectivity index (χ4v) is 2.23. The molecule has 0 saturated heterocycles. The molecule has 4 nitrogen and oxygen atoms in total. The number of aromatic nitrogens is 2. The van der Waals surface area contributed by atoms with Gasteiger partial charge < -0.3 is 15.2 Å². The molecule has 2 atom stereocenters. The van der Waals surface area contributed by atoms with Crippen molar-refractivity contribution in [1.82, 2.24) is 9.97 Å². The Morgan fingerprint density at radius 3 is 2.35 bits per heavy atom. The number of nitrogens with one attached hydrogen (secondary N) is 1. The van der Waals surface area contributed by atoms with Crippen molar-refractivity contribution in [1.29, 1.82) is 0 Å². The van der Waals surface area contributed by atoms with E-state index in [1.165, 1.54) is 0 Å². The lowest BCUT2D eigenvalue weighted by Gasteiger charge is -2.16. The largest absolute Gasteiger partial charge is 0.385 e. The van der Waals surface area contributed by atoms with Gasteiger partial charge in [0.1, 0.15) is 18.0 Å². The number of imidazole rings is 1. The van der Waals surface area contributed by atoms with Gasteiger partial charge in [-0.1, -0.05) is 35.9 Å². The Kier molecular flexibility index (Phi) is 3.44. The summed E-state index contributed by atoms with van der Waals surface area (Å²) in [5, 5.41) is 21.0. The number of aromatic amines is 1. The highest BCUT2D eigenvalue weighted by atomic mass is 35.5. The SMILES string of the molecule is O[C@@H](c1ccc(Cl)cc1)[C@@H](O)c1nc2ccccc2[nH]1. The minimum Gasteiger partial charge on any atom is -0.385 e. The van der Waals surface area contributed by atoms with Gasteiger partial charge in [0, 0.05) is 5.02 Å². The number of H-pyrrole nitrogens is 1. The molecule has 2 aromatic carbocycles. The average molecular weight is 289 g/mol. The van der Waals surface area contributed by atoms with Gasteiger partial charge in [-0.2, -0.15) is 0 Å². The molecule has 0 bridgehead atoms. The molecule has 3 rings (SSSR count). The maximum atomic E-state index is 10.2. The second-order valence-electron chi connectivity index (χ2n) is 4.58. The molecule has 0 spiro atoms. The van der Waals surface area contributed by atoms with Gasteiger partial charge in [-0.25, -0.2) is 4.98 Å². The summed E-state index contributed by atoms with van der Waals surface area (Å²) in [6, 6.07) is 14.2. The third kappa shape index (κ3) is 2.41. The molecular formula is C15H13ClN2O2. The molecule has 0 aliphatic carbocycles. The van der Waals surface area contributed by atoms with Crippen LogP contribution in [0.5, 0.6) is 0 Å². The number of hydrogen-bond acceptors (Lipinski definition) is 3. The quantitative estimate of drug-likeness (QED) is 0.694. The zero-order valence-electron chi connectivity index (χ0n) is 10.5. The highest BCUT2D eigenvalue weighted by molar-refractivity contribution is 6.30. The molecule has 0 radical (unpaired) electrons. The fourth-order valence-electron chi connectivity index (χ4n) is 2.10. The van der Waals surface area contributed by atoms with Crippen molar-refractivity contribution in [2.45, 2.75) is 12.2 Å². The van der Waals surface area contributed by atoms with E-state index in [1.807, 2.05) is 24.3 Å². The molecule has 0 amide bonds. The second-order valence-corrected chi connectivity index (χ2v) is 5.02. The molecular weight excluding hydrogens is 276 g/mol. The fraction of sp³-hybridized carbons (Fsp3) is 0.133. The number of halogens is 1. The molecule has 0 aliphatic heterocycles. The molecule has 0 saturated carbocycles. The van der Waals surface area contributed by atoms with Gasteiger partial charge in [-0.15, -0.1) is 0 Å². The predicted molar refractivity (Wildman–Crippen MR) is 77.5 cm³/mol. The van der Waals surface area contributed by atoms with E-state index >= 15 is 0 Å². The van der Waals surface area contributed by atoms with Crippen molar-refractivity contribution >= 4 is 22.6 Å². The van der Waals surface area contributed by atoms with Crippen LogP contribution in [0, 0.1) is 0 Å². The van der Waals surface area contributed by atoms with E-state index in [0.29, 0.717) is 16.4 Å². The van der Waals surface area contributed by atoms with Crippen LogP contribution in [0.3, 0.4) is 0 Å². The Labute approximate surface area is 120 Å². The van der Waals surface area contributed by atoms with E-state index in [1.54, 1.807) is 24.3 Å². The Balaban J connectivity index is 1.90. The number of fused-ring (bicyclic) bond motifs is 1. The van der Waals surface area contributed by atoms with Crippen molar-refractivity contribution in [2.75, 3.05) is 0 Å². The summed E-state index contributed by atoms with van der Waals surface area (Å²) in [6.45, 7) is 0. The maximum Gasteiger partial charge on any atom is 0.142 e. The van der Waals surface area contributed by atoms with Crippen molar-refractivity contribution in [3.63, 3.8) is 0 Å². The van der Waals surface area contributed by atoms with E-state index in [-0.39, 0.29) is 0 Å². The van der Waals surface area contributed by atoms with Gasteiger partial charge in [0.05, 0.1) is 11.0 Å². The number of rotatable bonds is 3. The third-order valence-electron chi connectivity index (χ3n) is 3.20. The molecule has 0 aliphatic rings. The monoisotopic (exact) mass is 288 g/mol.